The number of alkyl halides is 4. The number of hydrogen-bond acceptors (Lipinski definition) is 4. The Morgan fingerprint density at radius 3 is 2.65 bits per heavy atom. The van der Waals surface area contributed by atoms with Crippen molar-refractivity contribution in [2.45, 2.75) is 19.3 Å². The SMILES string of the molecule is CNc1ncc(C)c(OCC(F)(F)C(F)F)n1. The molecule has 4 nitrogen and oxygen atoms in total. The van der Waals surface area contributed by atoms with Crippen molar-refractivity contribution in [2.75, 3.05) is 19.0 Å². The van der Waals surface area contributed by atoms with E-state index in [1.54, 1.807) is 0 Å². The molecule has 1 aromatic heterocycles. The van der Waals surface area contributed by atoms with E-state index < -0.39 is 19.0 Å². The summed E-state index contributed by atoms with van der Waals surface area (Å²) < 4.78 is 53.6. The molecule has 1 N–H and O–H groups in total. The molecule has 96 valence electrons. The number of halogens is 4. The van der Waals surface area contributed by atoms with Crippen LogP contribution in [0.4, 0.5) is 23.5 Å². The van der Waals surface area contributed by atoms with Crippen molar-refractivity contribution >= 4 is 5.95 Å². The van der Waals surface area contributed by atoms with Crippen molar-refractivity contribution < 1.29 is 22.3 Å². The average molecular weight is 253 g/mol. The van der Waals surface area contributed by atoms with E-state index in [0.29, 0.717) is 5.56 Å². The summed E-state index contributed by atoms with van der Waals surface area (Å²) in [4.78, 5) is 7.53. The summed E-state index contributed by atoms with van der Waals surface area (Å²) in [6.07, 6.45) is -2.43. The highest BCUT2D eigenvalue weighted by Crippen LogP contribution is 2.24. The normalized spacial score (nSPS) is 11.7. The lowest BCUT2D eigenvalue weighted by molar-refractivity contribution is -0.148. The molecule has 0 atom stereocenters. The number of nitrogens with one attached hydrogen (secondary N) is 1. The topological polar surface area (TPSA) is 47.0 Å². The summed E-state index contributed by atoms with van der Waals surface area (Å²) in [6.45, 7) is 0.0982. The highest BCUT2D eigenvalue weighted by molar-refractivity contribution is 5.31. The fourth-order valence-electron chi connectivity index (χ4n) is 0.921. The summed E-state index contributed by atoms with van der Waals surface area (Å²) in [7, 11) is 1.53. The highest BCUT2D eigenvalue weighted by Gasteiger charge is 2.42. The molecule has 1 rings (SSSR count). The molecule has 1 aromatic rings. The van der Waals surface area contributed by atoms with Crippen LogP contribution in [0.15, 0.2) is 6.20 Å². The van der Waals surface area contributed by atoms with E-state index in [9.17, 15) is 17.6 Å². The van der Waals surface area contributed by atoms with E-state index in [1.165, 1.54) is 20.2 Å². The summed E-state index contributed by atoms with van der Waals surface area (Å²) in [5.41, 5.74) is 0.383. The largest absolute Gasteiger partial charge is 0.471 e. The molecule has 0 bridgehead atoms. The predicted octanol–water partition coefficient (Wildman–Crippen LogP) is 2.11. The number of nitrogens with zero attached hydrogens (tertiary/aromatic N) is 2. The van der Waals surface area contributed by atoms with Crippen LogP contribution in [-0.2, 0) is 0 Å². The molecule has 0 aliphatic rings. The summed E-state index contributed by atoms with van der Waals surface area (Å²) >= 11 is 0. The Hall–Kier alpha value is -1.60. The first kappa shape index (κ1) is 13.5. The monoisotopic (exact) mass is 253 g/mol. The van der Waals surface area contributed by atoms with Crippen LogP contribution in [0.25, 0.3) is 0 Å². The van der Waals surface area contributed by atoms with Gasteiger partial charge >= 0.3 is 12.3 Å². The molecule has 0 unspecified atom stereocenters. The van der Waals surface area contributed by atoms with Crippen molar-refractivity contribution in [3.05, 3.63) is 11.8 Å². The van der Waals surface area contributed by atoms with Gasteiger partial charge in [-0.3, -0.25) is 0 Å². The van der Waals surface area contributed by atoms with Crippen molar-refractivity contribution in [1.82, 2.24) is 9.97 Å². The molecule has 0 aliphatic heterocycles. The van der Waals surface area contributed by atoms with Crippen molar-refractivity contribution in [2.24, 2.45) is 0 Å². The number of hydrogen-bond donors (Lipinski definition) is 1. The maximum Gasteiger partial charge on any atom is 0.340 e. The zero-order valence-corrected chi connectivity index (χ0v) is 9.18. The number of rotatable bonds is 5. The second-order valence-corrected chi connectivity index (χ2v) is 3.28. The summed E-state index contributed by atoms with van der Waals surface area (Å²) in [6, 6.07) is 0. The zero-order valence-electron chi connectivity index (χ0n) is 9.18. The van der Waals surface area contributed by atoms with Crippen LogP contribution in [0.1, 0.15) is 5.56 Å². The molecule has 17 heavy (non-hydrogen) atoms. The van der Waals surface area contributed by atoms with Crippen LogP contribution in [0.2, 0.25) is 0 Å². The number of aromatic nitrogens is 2. The first-order valence-corrected chi connectivity index (χ1v) is 4.67. The second-order valence-electron chi connectivity index (χ2n) is 3.28. The van der Waals surface area contributed by atoms with Crippen LogP contribution in [0.5, 0.6) is 5.88 Å². The van der Waals surface area contributed by atoms with Gasteiger partial charge in [-0.25, -0.2) is 13.8 Å². The number of aryl methyl sites for hydroxylation is 1. The van der Waals surface area contributed by atoms with Gasteiger partial charge in [-0.15, -0.1) is 0 Å². The third kappa shape index (κ3) is 3.43. The van der Waals surface area contributed by atoms with Gasteiger partial charge in [0, 0.05) is 18.8 Å². The fourth-order valence-corrected chi connectivity index (χ4v) is 0.921. The minimum atomic E-state index is -4.20. The van der Waals surface area contributed by atoms with E-state index in [-0.39, 0.29) is 11.8 Å². The molecule has 1 heterocycles. The molecule has 0 aromatic carbocycles. The van der Waals surface area contributed by atoms with Gasteiger partial charge in [-0.05, 0) is 6.92 Å². The molecule has 0 aliphatic carbocycles. The highest BCUT2D eigenvalue weighted by atomic mass is 19.3. The van der Waals surface area contributed by atoms with Crippen LogP contribution in [0.3, 0.4) is 0 Å². The first-order chi connectivity index (χ1) is 7.86. The Labute approximate surface area is 95.0 Å². The third-order valence-corrected chi connectivity index (χ3v) is 1.87. The first-order valence-electron chi connectivity index (χ1n) is 4.67. The van der Waals surface area contributed by atoms with Crippen molar-refractivity contribution in [1.29, 1.82) is 0 Å². The second kappa shape index (κ2) is 5.15. The molecule has 0 fully saturated rings. The third-order valence-electron chi connectivity index (χ3n) is 1.87. The van der Waals surface area contributed by atoms with Crippen LogP contribution in [0, 0.1) is 6.92 Å². The number of anilines is 1. The minimum absolute atomic E-state index is 0.148. The lowest BCUT2D eigenvalue weighted by Gasteiger charge is -2.16. The van der Waals surface area contributed by atoms with E-state index in [2.05, 4.69) is 20.0 Å². The van der Waals surface area contributed by atoms with E-state index in [4.69, 9.17) is 0 Å². The zero-order chi connectivity index (χ0) is 13.1. The summed E-state index contributed by atoms with van der Waals surface area (Å²) in [5, 5.41) is 2.58. The molecular formula is C9H11F4N3O. The van der Waals surface area contributed by atoms with Gasteiger partial charge in [-0.2, -0.15) is 13.8 Å². The average Bonchev–Trinajstić information content (AvgIpc) is 2.28. The van der Waals surface area contributed by atoms with Gasteiger partial charge < -0.3 is 10.1 Å². The number of ether oxygens (including phenoxy) is 1. The minimum Gasteiger partial charge on any atom is -0.471 e. The standard InChI is InChI=1S/C9H11F4N3O/c1-5-3-15-8(14-2)16-6(5)17-4-9(12,13)7(10)11/h3,7H,4H2,1-2H3,(H,14,15,16). The van der Waals surface area contributed by atoms with Gasteiger partial charge in [0.2, 0.25) is 11.8 Å². The Bertz CT molecular complexity index is 387. The predicted molar refractivity (Wildman–Crippen MR) is 52.8 cm³/mol. The molecule has 0 spiro atoms. The van der Waals surface area contributed by atoms with Gasteiger partial charge in [0.05, 0.1) is 0 Å². The Balaban J connectivity index is 2.75. The van der Waals surface area contributed by atoms with Crippen molar-refractivity contribution in [3.8, 4) is 5.88 Å². The maximum absolute atomic E-state index is 12.6. The van der Waals surface area contributed by atoms with E-state index in [1.807, 2.05) is 0 Å². The lowest BCUT2D eigenvalue weighted by atomic mass is 10.3. The van der Waals surface area contributed by atoms with Crippen molar-refractivity contribution in [3.63, 3.8) is 0 Å². The van der Waals surface area contributed by atoms with E-state index >= 15 is 0 Å². The van der Waals surface area contributed by atoms with Gasteiger partial charge in [-0.1, -0.05) is 0 Å². The Kier molecular flexibility index (Phi) is 4.08. The molecule has 0 saturated carbocycles. The quantitative estimate of drug-likeness (QED) is 0.816. The Morgan fingerprint density at radius 1 is 1.47 bits per heavy atom. The molecule has 8 heteroatoms. The van der Waals surface area contributed by atoms with Crippen LogP contribution in [-0.4, -0.2) is 36.0 Å². The van der Waals surface area contributed by atoms with Gasteiger partial charge in [0.15, 0.2) is 6.61 Å². The smallest absolute Gasteiger partial charge is 0.340 e. The maximum atomic E-state index is 12.6. The molecule has 0 amide bonds. The summed E-state index contributed by atoms with van der Waals surface area (Å²) in [5.74, 6) is -4.19. The van der Waals surface area contributed by atoms with Crippen LogP contribution < -0.4 is 10.1 Å². The molecular weight excluding hydrogens is 242 g/mol. The Morgan fingerprint density at radius 2 is 2.12 bits per heavy atom. The van der Waals surface area contributed by atoms with E-state index in [0.717, 1.165) is 0 Å². The molecule has 0 radical (unpaired) electrons. The fraction of sp³-hybridized carbons (Fsp3) is 0.556. The van der Waals surface area contributed by atoms with Crippen LogP contribution >= 0.6 is 0 Å². The van der Waals surface area contributed by atoms with Gasteiger partial charge in [0.25, 0.3) is 0 Å². The molecule has 0 saturated heterocycles. The van der Waals surface area contributed by atoms with Gasteiger partial charge in [0.1, 0.15) is 0 Å². The lowest BCUT2D eigenvalue weighted by Crippen LogP contribution is -2.34.